The highest BCUT2D eigenvalue weighted by Gasteiger charge is 2.35. The summed E-state index contributed by atoms with van der Waals surface area (Å²) in [6.07, 6.45) is 4.96. The molecule has 0 radical (unpaired) electrons. The Kier molecular flexibility index (Phi) is 5.62. The van der Waals surface area contributed by atoms with Gasteiger partial charge in [0.15, 0.2) is 0 Å². The monoisotopic (exact) mass is 300 g/mol. The Morgan fingerprint density at radius 2 is 2.05 bits per heavy atom. The van der Waals surface area contributed by atoms with Crippen LogP contribution in [-0.2, 0) is 6.18 Å². The minimum atomic E-state index is -4.32. The number of nitrogens with one attached hydrogen (secondary N) is 1. The maximum absolute atomic E-state index is 13.1. The molecule has 2 rings (SSSR count). The molecule has 1 N–H and O–H groups in total. The molecule has 0 spiro atoms. The molecule has 0 aromatic carbocycles. The fourth-order valence-corrected chi connectivity index (χ4v) is 3.26. The van der Waals surface area contributed by atoms with Crippen LogP contribution in [0.25, 0.3) is 0 Å². The summed E-state index contributed by atoms with van der Waals surface area (Å²) in [6.45, 7) is 2.58. The van der Waals surface area contributed by atoms with Gasteiger partial charge in [-0.3, -0.25) is 4.98 Å². The van der Waals surface area contributed by atoms with Crippen LogP contribution in [0, 0.1) is 5.92 Å². The molecule has 2 nitrogen and oxygen atoms in total. The van der Waals surface area contributed by atoms with Crippen molar-refractivity contribution in [1.82, 2.24) is 10.3 Å². The zero-order chi connectivity index (χ0) is 15.3. The van der Waals surface area contributed by atoms with Crippen molar-refractivity contribution in [2.24, 2.45) is 5.92 Å². The maximum Gasteiger partial charge on any atom is 0.416 e. The zero-order valence-electron chi connectivity index (χ0n) is 12.4. The Balaban J connectivity index is 2.13. The summed E-state index contributed by atoms with van der Waals surface area (Å²) in [6, 6.07) is 0.816. The van der Waals surface area contributed by atoms with Gasteiger partial charge in [0, 0.05) is 18.4 Å². The fraction of sp³-hybridized carbons (Fsp3) is 0.688. The molecule has 1 saturated carbocycles. The predicted molar refractivity (Wildman–Crippen MR) is 76.8 cm³/mol. The molecule has 1 aromatic rings. The van der Waals surface area contributed by atoms with Crippen molar-refractivity contribution < 1.29 is 13.2 Å². The number of pyridine rings is 1. The smallest absolute Gasteiger partial charge is 0.310 e. The second-order valence-electron chi connectivity index (χ2n) is 5.80. The van der Waals surface area contributed by atoms with Crippen molar-refractivity contribution in [3.05, 3.63) is 29.6 Å². The fourth-order valence-electron chi connectivity index (χ4n) is 3.26. The summed E-state index contributed by atoms with van der Waals surface area (Å²) in [4.78, 5) is 3.90. The van der Waals surface area contributed by atoms with Gasteiger partial charge in [-0.15, -0.1) is 0 Å². The molecule has 0 bridgehead atoms. The lowest BCUT2D eigenvalue weighted by atomic mass is 9.93. The Morgan fingerprint density at radius 3 is 2.67 bits per heavy atom. The van der Waals surface area contributed by atoms with Crippen molar-refractivity contribution in [1.29, 1.82) is 0 Å². The van der Waals surface area contributed by atoms with Crippen LogP contribution in [0.15, 0.2) is 18.5 Å². The number of aromatic nitrogens is 1. The lowest BCUT2D eigenvalue weighted by Crippen LogP contribution is -2.24. The third-order valence-electron chi connectivity index (χ3n) is 4.32. The molecule has 1 fully saturated rings. The zero-order valence-corrected chi connectivity index (χ0v) is 12.4. The van der Waals surface area contributed by atoms with Crippen molar-refractivity contribution >= 4 is 0 Å². The molecular formula is C16H23F3N2. The van der Waals surface area contributed by atoms with Crippen LogP contribution in [0.1, 0.15) is 62.6 Å². The molecule has 1 aliphatic rings. The SMILES string of the molecule is CCNC(CCC1CCCC1)c1cnccc1C(F)(F)F. The van der Waals surface area contributed by atoms with E-state index in [2.05, 4.69) is 10.3 Å². The van der Waals surface area contributed by atoms with Gasteiger partial charge in [0.2, 0.25) is 0 Å². The second kappa shape index (κ2) is 7.25. The average Bonchev–Trinajstić information content (AvgIpc) is 2.96. The quantitative estimate of drug-likeness (QED) is 0.822. The Labute approximate surface area is 124 Å². The summed E-state index contributed by atoms with van der Waals surface area (Å²) in [5, 5.41) is 3.20. The van der Waals surface area contributed by atoms with E-state index in [0.717, 1.165) is 18.9 Å². The van der Waals surface area contributed by atoms with E-state index in [-0.39, 0.29) is 11.6 Å². The number of alkyl halides is 3. The summed E-state index contributed by atoms with van der Waals surface area (Å²) < 4.78 is 39.4. The molecular weight excluding hydrogens is 277 g/mol. The van der Waals surface area contributed by atoms with Gasteiger partial charge in [0.1, 0.15) is 0 Å². The molecule has 5 heteroatoms. The normalized spacial score (nSPS) is 18.1. The highest BCUT2D eigenvalue weighted by atomic mass is 19.4. The third-order valence-corrected chi connectivity index (χ3v) is 4.32. The van der Waals surface area contributed by atoms with E-state index in [1.807, 2.05) is 6.92 Å². The van der Waals surface area contributed by atoms with Gasteiger partial charge in [-0.05, 0) is 36.9 Å². The van der Waals surface area contributed by atoms with E-state index < -0.39 is 11.7 Å². The van der Waals surface area contributed by atoms with Crippen LogP contribution >= 0.6 is 0 Å². The first-order valence-corrected chi connectivity index (χ1v) is 7.77. The molecule has 1 heterocycles. The van der Waals surface area contributed by atoms with Crippen molar-refractivity contribution in [3.8, 4) is 0 Å². The molecule has 1 unspecified atom stereocenters. The van der Waals surface area contributed by atoms with Gasteiger partial charge in [0.05, 0.1) is 5.56 Å². The van der Waals surface area contributed by atoms with E-state index in [4.69, 9.17) is 0 Å². The number of hydrogen-bond acceptors (Lipinski definition) is 2. The van der Waals surface area contributed by atoms with Gasteiger partial charge in [-0.25, -0.2) is 0 Å². The highest BCUT2D eigenvalue weighted by molar-refractivity contribution is 5.29. The highest BCUT2D eigenvalue weighted by Crippen LogP contribution is 2.37. The number of hydrogen-bond donors (Lipinski definition) is 1. The molecule has 0 amide bonds. The maximum atomic E-state index is 13.1. The second-order valence-corrected chi connectivity index (χ2v) is 5.80. The lowest BCUT2D eigenvalue weighted by molar-refractivity contribution is -0.138. The first-order chi connectivity index (χ1) is 10.0. The predicted octanol–water partition coefficient (Wildman–Crippen LogP) is 4.72. The Bertz CT molecular complexity index is 439. The molecule has 21 heavy (non-hydrogen) atoms. The molecule has 1 atom stereocenters. The van der Waals surface area contributed by atoms with Crippen LogP contribution < -0.4 is 5.32 Å². The van der Waals surface area contributed by atoms with Crippen LogP contribution in [-0.4, -0.2) is 11.5 Å². The molecule has 1 aromatic heterocycles. The van der Waals surface area contributed by atoms with Gasteiger partial charge in [0.25, 0.3) is 0 Å². The average molecular weight is 300 g/mol. The summed E-state index contributed by atoms with van der Waals surface area (Å²) >= 11 is 0. The molecule has 0 saturated heterocycles. The van der Waals surface area contributed by atoms with E-state index in [1.165, 1.54) is 38.1 Å². The Hall–Kier alpha value is -1.10. The lowest BCUT2D eigenvalue weighted by Gasteiger charge is -2.23. The van der Waals surface area contributed by atoms with Crippen LogP contribution in [0.5, 0.6) is 0 Å². The van der Waals surface area contributed by atoms with Crippen LogP contribution in [0.2, 0.25) is 0 Å². The van der Waals surface area contributed by atoms with Gasteiger partial charge in [-0.2, -0.15) is 13.2 Å². The first kappa shape index (κ1) is 16.3. The molecule has 118 valence electrons. The minimum Gasteiger partial charge on any atom is -0.310 e. The standard InChI is InChI=1S/C16H23F3N2/c1-2-21-15(8-7-12-5-3-4-6-12)13-11-20-10-9-14(13)16(17,18)19/h9-12,15,21H,2-8H2,1H3. The number of nitrogens with zero attached hydrogens (tertiary/aromatic N) is 1. The van der Waals surface area contributed by atoms with Gasteiger partial charge in [-0.1, -0.05) is 32.6 Å². The summed E-state index contributed by atoms with van der Waals surface area (Å²) in [5.41, 5.74) is -0.278. The van der Waals surface area contributed by atoms with Crippen molar-refractivity contribution in [2.45, 2.75) is 57.7 Å². The third kappa shape index (κ3) is 4.43. The van der Waals surface area contributed by atoms with E-state index in [9.17, 15) is 13.2 Å². The van der Waals surface area contributed by atoms with E-state index in [0.29, 0.717) is 12.5 Å². The van der Waals surface area contributed by atoms with Crippen LogP contribution in [0.3, 0.4) is 0 Å². The molecule has 0 aliphatic heterocycles. The van der Waals surface area contributed by atoms with Gasteiger partial charge < -0.3 is 5.32 Å². The van der Waals surface area contributed by atoms with Crippen LogP contribution in [0.4, 0.5) is 13.2 Å². The number of halogens is 3. The summed E-state index contributed by atoms with van der Waals surface area (Å²) in [5.74, 6) is 0.678. The number of rotatable bonds is 6. The van der Waals surface area contributed by atoms with E-state index in [1.54, 1.807) is 0 Å². The minimum absolute atomic E-state index is 0.263. The topological polar surface area (TPSA) is 24.9 Å². The van der Waals surface area contributed by atoms with Crippen molar-refractivity contribution in [2.75, 3.05) is 6.54 Å². The van der Waals surface area contributed by atoms with Gasteiger partial charge >= 0.3 is 6.18 Å². The largest absolute Gasteiger partial charge is 0.416 e. The summed E-state index contributed by atoms with van der Waals surface area (Å²) in [7, 11) is 0. The Morgan fingerprint density at radius 1 is 1.33 bits per heavy atom. The first-order valence-electron chi connectivity index (χ1n) is 7.77. The van der Waals surface area contributed by atoms with Crippen molar-refractivity contribution in [3.63, 3.8) is 0 Å². The molecule has 1 aliphatic carbocycles. The van der Waals surface area contributed by atoms with E-state index >= 15 is 0 Å².